The van der Waals surface area contributed by atoms with Crippen LogP contribution in [0.25, 0.3) is 0 Å². The fourth-order valence-electron chi connectivity index (χ4n) is 0.822. The van der Waals surface area contributed by atoms with Crippen LogP contribution in [0.4, 0.5) is 0 Å². The predicted octanol–water partition coefficient (Wildman–Crippen LogP) is 1.51. The third-order valence-electron chi connectivity index (χ3n) is 1.79. The van der Waals surface area contributed by atoms with E-state index in [9.17, 15) is 0 Å². The van der Waals surface area contributed by atoms with Gasteiger partial charge in [-0.3, -0.25) is 0 Å². The highest BCUT2D eigenvalue weighted by atomic mass is 32.2. The SMILES string of the molecule is C=CC(C)SCC1CNC1. The number of nitrogens with one attached hydrogen (secondary N) is 1. The lowest BCUT2D eigenvalue weighted by atomic mass is 10.1. The molecule has 0 radical (unpaired) electrons. The molecule has 1 heterocycles. The first kappa shape index (κ1) is 8.15. The van der Waals surface area contributed by atoms with E-state index in [4.69, 9.17) is 0 Å². The van der Waals surface area contributed by atoms with Crippen molar-refractivity contribution in [3.05, 3.63) is 12.7 Å². The average molecular weight is 157 g/mol. The number of hydrogen-bond donors (Lipinski definition) is 1. The lowest BCUT2D eigenvalue weighted by Crippen LogP contribution is -2.43. The Kier molecular flexibility index (Phi) is 3.29. The molecule has 1 aliphatic heterocycles. The van der Waals surface area contributed by atoms with Crippen LogP contribution in [0.3, 0.4) is 0 Å². The van der Waals surface area contributed by atoms with E-state index in [1.54, 1.807) is 0 Å². The summed E-state index contributed by atoms with van der Waals surface area (Å²) >= 11 is 2.00. The molecular formula is C8H15NS. The normalized spacial score (nSPS) is 21.7. The third-order valence-corrected chi connectivity index (χ3v) is 3.17. The second-order valence-corrected chi connectivity index (χ2v) is 4.21. The Morgan fingerprint density at radius 1 is 1.80 bits per heavy atom. The standard InChI is InChI=1S/C8H15NS/c1-3-7(2)10-6-8-4-9-5-8/h3,7-9H,1,4-6H2,2H3. The molecule has 0 aromatic carbocycles. The monoisotopic (exact) mass is 157 g/mol. The highest BCUT2D eigenvalue weighted by Gasteiger charge is 2.16. The van der Waals surface area contributed by atoms with Gasteiger partial charge in [0.25, 0.3) is 0 Å². The summed E-state index contributed by atoms with van der Waals surface area (Å²) in [7, 11) is 0. The zero-order valence-electron chi connectivity index (χ0n) is 6.47. The second-order valence-electron chi connectivity index (χ2n) is 2.80. The first-order valence-electron chi connectivity index (χ1n) is 3.78. The molecule has 0 aliphatic carbocycles. The van der Waals surface area contributed by atoms with E-state index in [1.807, 2.05) is 17.8 Å². The maximum absolute atomic E-state index is 3.75. The molecule has 0 spiro atoms. The van der Waals surface area contributed by atoms with Gasteiger partial charge in [-0.2, -0.15) is 11.8 Å². The van der Waals surface area contributed by atoms with E-state index in [2.05, 4.69) is 18.8 Å². The summed E-state index contributed by atoms with van der Waals surface area (Å²) in [6, 6.07) is 0. The first-order valence-corrected chi connectivity index (χ1v) is 4.82. The van der Waals surface area contributed by atoms with Gasteiger partial charge >= 0.3 is 0 Å². The van der Waals surface area contributed by atoms with Gasteiger partial charge in [0.1, 0.15) is 0 Å². The quantitative estimate of drug-likeness (QED) is 0.621. The Morgan fingerprint density at radius 2 is 2.50 bits per heavy atom. The highest BCUT2D eigenvalue weighted by Crippen LogP contribution is 2.17. The second kappa shape index (κ2) is 4.04. The molecule has 1 saturated heterocycles. The van der Waals surface area contributed by atoms with E-state index < -0.39 is 0 Å². The Balaban J connectivity index is 1.98. The van der Waals surface area contributed by atoms with Crippen molar-refractivity contribution >= 4 is 11.8 Å². The lowest BCUT2D eigenvalue weighted by Gasteiger charge is -2.27. The molecule has 0 amide bonds. The molecule has 10 heavy (non-hydrogen) atoms. The van der Waals surface area contributed by atoms with Crippen LogP contribution in [0.2, 0.25) is 0 Å². The van der Waals surface area contributed by atoms with Crippen molar-refractivity contribution in [2.75, 3.05) is 18.8 Å². The summed E-state index contributed by atoms with van der Waals surface area (Å²) < 4.78 is 0. The van der Waals surface area contributed by atoms with Crippen molar-refractivity contribution in [3.63, 3.8) is 0 Å². The molecule has 58 valence electrons. The van der Waals surface area contributed by atoms with Crippen LogP contribution in [-0.2, 0) is 0 Å². The molecule has 0 aromatic heterocycles. The molecule has 0 saturated carbocycles. The van der Waals surface area contributed by atoms with Crippen LogP contribution in [0.1, 0.15) is 6.92 Å². The van der Waals surface area contributed by atoms with Crippen molar-refractivity contribution < 1.29 is 0 Å². The minimum atomic E-state index is 0.626. The maximum Gasteiger partial charge on any atom is 0.0196 e. The summed E-state index contributed by atoms with van der Waals surface area (Å²) in [4.78, 5) is 0. The van der Waals surface area contributed by atoms with Gasteiger partial charge in [-0.1, -0.05) is 6.08 Å². The molecule has 1 nitrogen and oxygen atoms in total. The van der Waals surface area contributed by atoms with Gasteiger partial charge in [0.05, 0.1) is 0 Å². The Labute approximate surface area is 67.3 Å². The molecule has 2 heteroatoms. The molecule has 1 unspecified atom stereocenters. The van der Waals surface area contributed by atoms with Crippen LogP contribution in [0.15, 0.2) is 12.7 Å². The fourth-order valence-corrected chi connectivity index (χ4v) is 1.77. The number of thioether (sulfide) groups is 1. The summed E-state index contributed by atoms with van der Waals surface area (Å²) in [5, 5.41) is 3.89. The van der Waals surface area contributed by atoms with Crippen LogP contribution >= 0.6 is 11.8 Å². The van der Waals surface area contributed by atoms with Gasteiger partial charge in [-0.05, 0) is 31.7 Å². The molecular weight excluding hydrogens is 142 g/mol. The Bertz CT molecular complexity index is 110. The molecule has 1 atom stereocenters. The van der Waals surface area contributed by atoms with E-state index in [-0.39, 0.29) is 0 Å². The smallest absolute Gasteiger partial charge is 0.0196 e. The van der Waals surface area contributed by atoms with Gasteiger partial charge < -0.3 is 5.32 Å². The molecule has 1 rings (SSSR count). The van der Waals surface area contributed by atoms with Crippen LogP contribution in [0.5, 0.6) is 0 Å². The summed E-state index contributed by atoms with van der Waals surface area (Å²) in [6.07, 6.45) is 2.01. The highest BCUT2D eigenvalue weighted by molar-refractivity contribution is 8.00. The van der Waals surface area contributed by atoms with Gasteiger partial charge in [-0.15, -0.1) is 6.58 Å². The fraction of sp³-hybridized carbons (Fsp3) is 0.750. The minimum Gasteiger partial charge on any atom is -0.316 e. The predicted molar refractivity (Wildman–Crippen MR) is 48.5 cm³/mol. The summed E-state index contributed by atoms with van der Waals surface area (Å²) in [5.41, 5.74) is 0. The zero-order valence-corrected chi connectivity index (χ0v) is 7.29. The van der Waals surface area contributed by atoms with Crippen LogP contribution in [-0.4, -0.2) is 24.1 Å². The molecule has 1 aliphatic rings. The number of hydrogen-bond acceptors (Lipinski definition) is 2. The maximum atomic E-state index is 3.75. The minimum absolute atomic E-state index is 0.626. The van der Waals surface area contributed by atoms with Crippen molar-refractivity contribution in [2.45, 2.75) is 12.2 Å². The van der Waals surface area contributed by atoms with Gasteiger partial charge in [0, 0.05) is 5.25 Å². The first-order chi connectivity index (χ1) is 4.83. The van der Waals surface area contributed by atoms with E-state index in [0.29, 0.717) is 5.25 Å². The van der Waals surface area contributed by atoms with Crippen molar-refractivity contribution in [1.29, 1.82) is 0 Å². The summed E-state index contributed by atoms with van der Waals surface area (Å²) in [5.74, 6) is 2.22. The summed E-state index contributed by atoms with van der Waals surface area (Å²) in [6.45, 7) is 8.38. The van der Waals surface area contributed by atoms with E-state index >= 15 is 0 Å². The van der Waals surface area contributed by atoms with E-state index in [1.165, 1.54) is 18.8 Å². The molecule has 1 fully saturated rings. The van der Waals surface area contributed by atoms with E-state index in [0.717, 1.165) is 5.92 Å². The Hall–Kier alpha value is 0.0500. The van der Waals surface area contributed by atoms with Crippen LogP contribution < -0.4 is 5.32 Å². The third kappa shape index (κ3) is 2.35. The van der Waals surface area contributed by atoms with Gasteiger partial charge in [0.2, 0.25) is 0 Å². The van der Waals surface area contributed by atoms with Gasteiger partial charge in [-0.25, -0.2) is 0 Å². The van der Waals surface area contributed by atoms with Crippen molar-refractivity contribution in [2.24, 2.45) is 5.92 Å². The molecule has 0 aromatic rings. The molecule has 0 bridgehead atoms. The molecule has 1 N–H and O–H groups in total. The van der Waals surface area contributed by atoms with Crippen LogP contribution in [0, 0.1) is 5.92 Å². The van der Waals surface area contributed by atoms with Crippen molar-refractivity contribution in [3.8, 4) is 0 Å². The lowest BCUT2D eigenvalue weighted by molar-refractivity contribution is 0.385. The van der Waals surface area contributed by atoms with Gasteiger partial charge in [0.15, 0.2) is 0 Å². The number of rotatable bonds is 4. The average Bonchev–Trinajstić information content (AvgIpc) is 1.84. The topological polar surface area (TPSA) is 12.0 Å². The van der Waals surface area contributed by atoms with Crippen molar-refractivity contribution in [1.82, 2.24) is 5.32 Å². The zero-order chi connectivity index (χ0) is 7.40. The largest absolute Gasteiger partial charge is 0.316 e. The Morgan fingerprint density at radius 3 is 2.90 bits per heavy atom.